The normalized spacial score (nSPS) is 17.8. The van der Waals surface area contributed by atoms with Gasteiger partial charge in [0.2, 0.25) is 0 Å². The van der Waals surface area contributed by atoms with Crippen molar-refractivity contribution in [3.05, 3.63) is 82.9 Å². The van der Waals surface area contributed by atoms with E-state index in [1.807, 2.05) is 37.3 Å². The molecule has 2 atom stereocenters. The molecule has 0 aromatic heterocycles. The van der Waals surface area contributed by atoms with E-state index in [-0.39, 0.29) is 30.8 Å². The molecule has 4 heteroatoms. The van der Waals surface area contributed by atoms with Crippen molar-refractivity contribution in [2.24, 2.45) is 0 Å². The Labute approximate surface area is 166 Å². The van der Waals surface area contributed by atoms with E-state index in [0.29, 0.717) is 6.61 Å². The molecule has 0 amide bonds. The third-order valence-electron chi connectivity index (χ3n) is 5.35. The Morgan fingerprint density at radius 1 is 0.893 bits per heavy atom. The molecule has 146 valence electrons. The average Bonchev–Trinajstić information content (AvgIpc) is 2.71. The highest BCUT2D eigenvalue weighted by Crippen LogP contribution is 2.48. The van der Waals surface area contributed by atoms with E-state index in [9.17, 15) is 10.2 Å². The molecule has 2 N–H and O–H groups in total. The lowest BCUT2D eigenvalue weighted by atomic mass is 9.75. The van der Waals surface area contributed by atoms with Crippen LogP contribution in [0.1, 0.15) is 41.5 Å². The van der Waals surface area contributed by atoms with Crippen LogP contribution < -0.4 is 9.47 Å². The molecular weight excluding hydrogens is 352 g/mol. The van der Waals surface area contributed by atoms with E-state index in [2.05, 4.69) is 12.1 Å². The minimum Gasteiger partial charge on any atom is -0.508 e. The lowest BCUT2D eigenvalue weighted by molar-refractivity contribution is 0.245. The molecule has 3 aromatic rings. The largest absolute Gasteiger partial charge is 0.508 e. The summed E-state index contributed by atoms with van der Waals surface area (Å²) >= 11 is 0. The number of hydrogen-bond acceptors (Lipinski definition) is 4. The number of fused-ring (bicyclic) bond motifs is 1. The van der Waals surface area contributed by atoms with E-state index < -0.39 is 0 Å². The first kappa shape index (κ1) is 19.6. The summed E-state index contributed by atoms with van der Waals surface area (Å²) in [5.41, 5.74) is 4.07. The number of phenolic OH excluding ortho intramolecular Hbond substituents is 2. The van der Waals surface area contributed by atoms with Gasteiger partial charge in [-0.25, -0.2) is 0 Å². The van der Waals surface area contributed by atoms with Gasteiger partial charge >= 0.3 is 0 Å². The summed E-state index contributed by atoms with van der Waals surface area (Å²) in [4.78, 5) is 0. The van der Waals surface area contributed by atoms with Gasteiger partial charge in [-0.15, -0.1) is 0 Å². The van der Waals surface area contributed by atoms with E-state index in [0.717, 1.165) is 33.8 Å². The summed E-state index contributed by atoms with van der Waals surface area (Å²) in [5, 5.41) is 19.7. The summed E-state index contributed by atoms with van der Waals surface area (Å²) in [5.74, 6) is 2.22. The maximum absolute atomic E-state index is 10.1. The molecule has 4 nitrogen and oxygen atoms in total. The van der Waals surface area contributed by atoms with Crippen LogP contribution in [-0.2, 0) is 0 Å². The number of benzene rings is 3. The second-order valence-corrected chi connectivity index (χ2v) is 6.89. The lowest BCUT2D eigenvalue weighted by Gasteiger charge is -2.35. The second kappa shape index (κ2) is 7.85. The molecule has 1 heterocycles. The van der Waals surface area contributed by atoms with E-state index >= 15 is 0 Å². The lowest BCUT2D eigenvalue weighted by Crippen LogP contribution is -2.25. The summed E-state index contributed by atoms with van der Waals surface area (Å²) in [7, 11) is 1.66. The molecule has 0 radical (unpaired) electrons. The van der Waals surface area contributed by atoms with E-state index in [4.69, 9.17) is 9.47 Å². The molecular formula is C24H26O4. The molecule has 0 spiro atoms. The predicted octanol–water partition coefficient (Wildman–Crippen LogP) is 5.36. The maximum Gasteiger partial charge on any atom is 0.129 e. The first-order valence-corrected chi connectivity index (χ1v) is 8.96. The molecule has 28 heavy (non-hydrogen) atoms. The molecule has 0 aliphatic carbocycles. The van der Waals surface area contributed by atoms with Gasteiger partial charge in [0.25, 0.3) is 0 Å². The fourth-order valence-corrected chi connectivity index (χ4v) is 3.86. The smallest absolute Gasteiger partial charge is 0.129 e. The zero-order valence-corrected chi connectivity index (χ0v) is 15.3. The van der Waals surface area contributed by atoms with Crippen molar-refractivity contribution >= 4 is 0 Å². The highest BCUT2D eigenvalue weighted by molar-refractivity contribution is 5.55. The van der Waals surface area contributed by atoms with Crippen LogP contribution in [-0.4, -0.2) is 23.9 Å². The fraction of sp³-hybridized carbons (Fsp3) is 0.250. The van der Waals surface area contributed by atoms with Crippen molar-refractivity contribution in [1.82, 2.24) is 0 Å². The van der Waals surface area contributed by atoms with Crippen molar-refractivity contribution in [2.75, 3.05) is 13.7 Å². The van der Waals surface area contributed by atoms with Crippen molar-refractivity contribution in [3.63, 3.8) is 0 Å². The number of ether oxygens (including phenoxy) is 2. The molecule has 0 fully saturated rings. The van der Waals surface area contributed by atoms with Gasteiger partial charge in [0.05, 0.1) is 13.7 Å². The summed E-state index contributed by atoms with van der Waals surface area (Å²) < 4.78 is 11.4. The summed E-state index contributed by atoms with van der Waals surface area (Å²) in [6.07, 6.45) is 0. The fourth-order valence-electron chi connectivity index (χ4n) is 3.86. The molecule has 3 aromatic carbocycles. The van der Waals surface area contributed by atoms with Crippen LogP contribution >= 0.6 is 0 Å². The van der Waals surface area contributed by atoms with Gasteiger partial charge in [0, 0.05) is 23.0 Å². The van der Waals surface area contributed by atoms with Crippen LogP contribution in [0.2, 0.25) is 0 Å². The van der Waals surface area contributed by atoms with Crippen LogP contribution in [0.4, 0.5) is 0 Å². The molecule has 1 aliphatic heterocycles. The van der Waals surface area contributed by atoms with Gasteiger partial charge in [0.1, 0.15) is 23.0 Å². The standard InChI is InChI=1S/C23H22O4.CH4/c1-14-21(25)12-11-19-22(16-5-9-18(26-2)10-6-16)20(13-27-23(14)19)15-3-7-17(24)8-4-15;/h3-12,20,22,24-25H,13H2,1-2H3;1H4. The Morgan fingerprint density at radius 3 is 2.18 bits per heavy atom. The number of methoxy groups -OCH3 is 1. The number of phenols is 2. The minimum atomic E-state index is 0. The topological polar surface area (TPSA) is 58.9 Å². The zero-order valence-electron chi connectivity index (χ0n) is 15.3. The van der Waals surface area contributed by atoms with Gasteiger partial charge in [-0.3, -0.25) is 0 Å². The maximum atomic E-state index is 10.1. The van der Waals surface area contributed by atoms with Crippen LogP contribution in [0, 0.1) is 6.92 Å². The van der Waals surface area contributed by atoms with Crippen molar-refractivity contribution in [2.45, 2.75) is 26.2 Å². The van der Waals surface area contributed by atoms with Crippen LogP contribution in [0.25, 0.3) is 0 Å². The quantitative estimate of drug-likeness (QED) is 0.644. The Hall–Kier alpha value is -3.14. The number of aromatic hydroxyl groups is 2. The predicted molar refractivity (Wildman–Crippen MR) is 111 cm³/mol. The second-order valence-electron chi connectivity index (χ2n) is 6.89. The molecule has 0 saturated heterocycles. The highest BCUT2D eigenvalue weighted by atomic mass is 16.5. The Kier molecular flexibility index (Phi) is 5.50. The van der Waals surface area contributed by atoms with Crippen molar-refractivity contribution in [3.8, 4) is 23.0 Å². The van der Waals surface area contributed by atoms with Crippen molar-refractivity contribution < 1.29 is 19.7 Å². The summed E-state index contributed by atoms with van der Waals surface area (Å²) in [6, 6.07) is 19.1. The first-order valence-electron chi connectivity index (χ1n) is 8.96. The Bertz CT molecular complexity index is 946. The molecule has 0 bridgehead atoms. The minimum absolute atomic E-state index is 0. The highest BCUT2D eigenvalue weighted by Gasteiger charge is 2.34. The van der Waals surface area contributed by atoms with Gasteiger partial charge < -0.3 is 19.7 Å². The third kappa shape index (κ3) is 3.38. The van der Waals surface area contributed by atoms with Crippen LogP contribution in [0.5, 0.6) is 23.0 Å². The van der Waals surface area contributed by atoms with Crippen molar-refractivity contribution in [1.29, 1.82) is 0 Å². The first-order chi connectivity index (χ1) is 13.1. The van der Waals surface area contributed by atoms with Gasteiger partial charge in [-0.1, -0.05) is 37.8 Å². The summed E-state index contributed by atoms with van der Waals surface area (Å²) in [6.45, 7) is 2.37. The molecule has 0 saturated carbocycles. The van der Waals surface area contributed by atoms with Gasteiger partial charge in [0.15, 0.2) is 0 Å². The zero-order chi connectivity index (χ0) is 19.0. The number of hydrogen-bond donors (Lipinski definition) is 2. The van der Waals surface area contributed by atoms with E-state index in [1.54, 1.807) is 25.3 Å². The van der Waals surface area contributed by atoms with Crippen LogP contribution in [0.3, 0.4) is 0 Å². The Morgan fingerprint density at radius 2 is 1.54 bits per heavy atom. The Balaban J connectivity index is 0.00000225. The third-order valence-corrected chi connectivity index (χ3v) is 5.35. The molecule has 1 aliphatic rings. The van der Waals surface area contributed by atoms with E-state index in [1.165, 1.54) is 0 Å². The molecule has 4 rings (SSSR count). The number of rotatable bonds is 3. The monoisotopic (exact) mass is 378 g/mol. The van der Waals surface area contributed by atoms with Gasteiger partial charge in [-0.2, -0.15) is 0 Å². The SMILES string of the molecule is C.COc1ccc(C2c3ccc(O)c(C)c3OCC2c2ccc(O)cc2)cc1. The molecule has 2 unspecified atom stereocenters. The van der Waals surface area contributed by atoms with Gasteiger partial charge in [-0.05, 0) is 48.4 Å². The average molecular weight is 378 g/mol. The van der Waals surface area contributed by atoms with Crippen LogP contribution in [0.15, 0.2) is 60.7 Å².